The van der Waals surface area contributed by atoms with Gasteiger partial charge >= 0.3 is 0 Å². The molecule has 0 aliphatic carbocycles. The van der Waals surface area contributed by atoms with Gasteiger partial charge in [-0.05, 0) is 38.0 Å². The number of likely N-dealkylation sites (tertiary alicyclic amines) is 1. The van der Waals surface area contributed by atoms with E-state index in [-0.39, 0.29) is 11.9 Å². The predicted molar refractivity (Wildman–Crippen MR) is 80.1 cm³/mol. The molecule has 2 N–H and O–H groups in total. The van der Waals surface area contributed by atoms with Crippen LogP contribution in [0.25, 0.3) is 0 Å². The number of rotatable bonds is 2. The summed E-state index contributed by atoms with van der Waals surface area (Å²) in [7, 11) is 0. The first kappa shape index (κ1) is 13.9. The Kier molecular flexibility index (Phi) is 3.59. The molecule has 5 nitrogen and oxygen atoms in total. The highest BCUT2D eigenvalue weighted by Gasteiger charge is 2.33. The summed E-state index contributed by atoms with van der Waals surface area (Å²) in [5, 5.41) is 4.30. The van der Waals surface area contributed by atoms with E-state index in [4.69, 9.17) is 21.9 Å². The Morgan fingerprint density at radius 1 is 1.48 bits per heavy atom. The largest absolute Gasteiger partial charge is 0.398 e. The molecular formula is C15H16ClN3O2. The molecule has 110 valence electrons. The normalized spacial score (nSPS) is 18.2. The van der Waals surface area contributed by atoms with Gasteiger partial charge in [-0.3, -0.25) is 4.79 Å². The minimum atomic E-state index is -0.0616. The number of nitrogen functional groups attached to an aromatic ring is 1. The van der Waals surface area contributed by atoms with Gasteiger partial charge in [-0.2, -0.15) is 0 Å². The average Bonchev–Trinajstić information content (AvgIpc) is 3.09. The molecule has 1 amide bonds. The number of amides is 1. The van der Waals surface area contributed by atoms with Gasteiger partial charge in [0, 0.05) is 18.2 Å². The quantitative estimate of drug-likeness (QED) is 0.865. The topological polar surface area (TPSA) is 72.4 Å². The molecule has 0 spiro atoms. The number of hydrogen-bond acceptors (Lipinski definition) is 4. The zero-order valence-corrected chi connectivity index (χ0v) is 12.4. The zero-order valence-electron chi connectivity index (χ0n) is 11.7. The maximum absolute atomic E-state index is 12.7. The van der Waals surface area contributed by atoms with E-state index in [1.807, 2.05) is 17.9 Å². The molecule has 6 heteroatoms. The SMILES string of the molecule is Cc1cc(C2CCCN2C(=O)c2ccc(N)c(Cl)c2)on1. The van der Waals surface area contributed by atoms with Crippen molar-refractivity contribution >= 4 is 23.2 Å². The third-order valence-corrected chi connectivity index (χ3v) is 4.06. The van der Waals surface area contributed by atoms with Crippen LogP contribution in [0.15, 0.2) is 28.8 Å². The van der Waals surface area contributed by atoms with Gasteiger partial charge in [-0.15, -0.1) is 0 Å². The van der Waals surface area contributed by atoms with E-state index >= 15 is 0 Å². The number of anilines is 1. The molecule has 1 aromatic heterocycles. The minimum Gasteiger partial charge on any atom is -0.398 e. The molecule has 1 aliphatic heterocycles. The Balaban J connectivity index is 1.87. The molecule has 1 unspecified atom stereocenters. The van der Waals surface area contributed by atoms with E-state index in [1.54, 1.807) is 18.2 Å². The third-order valence-electron chi connectivity index (χ3n) is 3.74. The summed E-state index contributed by atoms with van der Waals surface area (Å²) < 4.78 is 5.32. The van der Waals surface area contributed by atoms with Gasteiger partial charge in [0.05, 0.1) is 22.4 Å². The Morgan fingerprint density at radius 3 is 2.95 bits per heavy atom. The smallest absolute Gasteiger partial charge is 0.254 e. The molecular weight excluding hydrogens is 290 g/mol. The van der Waals surface area contributed by atoms with Crippen molar-refractivity contribution < 1.29 is 9.32 Å². The lowest BCUT2D eigenvalue weighted by Crippen LogP contribution is -2.30. The second-order valence-corrected chi connectivity index (χ2v) is 5.67. The highest BCUT2D eigenvalue weighted by atomic mass is 35.5. The van der Waals surface area contributed by atoms with Crippen LogP contribution >= 0.6 is 11.6 Å². The van der Waals surface area contributed by atoms with Crippen molar-refractivity contribution in [1.82, 2.24) is 10.1 Å². The molecule has 2 aromatic rings. The Hall–Kier alpha value is -2.01. The number of aryl methyl sites for hydroxylation is 1. The first-order valence-corrected chi connectivity index (χ1v) is 7.23. The van der Waals surface area contributed by atoms with E-state index in [0.29, 0.717) is 22.8 Å². The average molecular weight is 306 g/mol. The van der Waals surface area contributed by atoms with Crippen molar-refractivity contribution in [3.05, 3.63) is 46.3 Å². The van der Waals surface area contributed by atoms with E-state index in [0.717, 1.165) is 24.3 Å². The number of halogens is 1. The fraction of sp³-hybridized carbons (Fsp3) is 0.333. The standard InChI is InChI=1S/C15H16ClN3O2/c1-9-7-14(21-18-9)13-3-2-6-19(13)15(20)10-4-5-12(17)11(16)8-10/h4-5,7-8,13H,2-3,6,17H2,1H3. The number of nitrogens with two attached hydrogens (primary N) is 1. The maximum atomic E-state index is 12.7. The minimum absolute atomic E-state index is 0.0602. The highest BCUT2D eigenvalue weighted by Crippen LogP contribution is 2.34. The summed E-state index contributed by atoms with van der Waals surface area (Å²) in [6.07, 6.45) is 1.82. The van der Waals surface area contributed by atoms with Gasteiger partial charge in [0.1, 0.15) is 0 Å². The van der Waals surface area contributed by atoms with Gasteiger partial charge < -0.3 is 15.2 Å². The van der Waals surface area contributed by atoms with Crippen molar-refractivity contribution in [3.63, 3.8) is 0 Å². The number of nitrogens with zero attached hydrogens (tertiary/aromatic N) is 2. The maximum Gasteiger partial charge on any atom is 0.254 e. The van der Waals surface area contributed by atoms with Crippen molar-refractivity contribution in [2.45, 2.75) is 25.8 Å². The number of carbonyl (C=O) groups excluding carboxylic acids is 1. The van der Waals surface area contributed by atoms with Crippen LogP contribution in [0.3, 0.4) is 0 Å². The summed E-state index contributed by atoms with van der Waals surface area (Å²) in [6.45, 7) is 2.57. The number of carbonyl (C=O) groups is 1. The molecule has 3 rings (SSSR count). The molecule has 1 fully saturated rings. The van der Waals surface area contributed by atoms with Crippen LogP contribution in [0.1, 0.15) is 40.7 Å². The molecule has 0 radical (unpaired) electrons. The summed E-state index contributed by atoms with van der Waals surface area (Å²) in [6, 6.07) is 6.78. The van der Waals surface area contributed by atoms with E-state index in [1.165, 1.54) is 0 Å². The number of hydrogen-bond donors (Lipinski definition) is 1. The summed E-state index contributed by atoms with van der Waals surface area (Å²) >= 11 is 6.00. The number of aromatic nitrogens is 1. The van der Waals surface area contributed by atoms with Crippen molar-refractivity contribution in [2.75, 3.05) is 12.3 Å². The summed E-state index contributed by atoms with van der Waals surface area (Å²) in [5.41, 5.74) is 7.51. The summed E-state index contributed by atoms with van der Waals surface area (Å²) in [4.78, 5) is 14.5. The van der Waals surface area contributed by atoms with E-state index in [2.05, 4.69) is 5.16 Å². The molecule has 1 saturated heterocycles. The fourth-order valence-corrected chi connectivity index (χ4v) is 2.85. The van der Waals surface area contributed by atoms with Crippen molar-refractivity contribution in [3.8, 4) is 0 Å². The Labute approximate surface area is 127 Å². The summed E-state index contributed by atoms with van der Waals surface area (Å²) in [5.74, 6) is 0.674. The lowest BCUT2D eigenvalue weighted by atomic mass is 10.1. The second kappa shape index (κ2) is 5.41. The van der Waals surface area contributed by atoms with Crippen molar-refractivity contribution in [2.24, 2.45) is 0 Å². The van der Waals surface area contributed by atoms with Crippen LogP contribution in [0.5, 0.6) is 0 Å². The third kappa shape index (κ3) is 2.61. The van der Waals surface area contributed by atoms with Gasteiger partial charge in [-0.25, -0.2) is 0 Å². The highest BCUT2D eigenvalue weighted by molar-refractivity contribution is 6.33. The van der Waals surface area contributed by atoms with Gasteiger partial charge in [0.2, 0.25) is 0 Å². The molecule has 1 atom stereocenters. The van der Waals surface area contributed by atoms with Crippen LogP contribution in [-0.4, -0.2) is 22.5 Å². The van der Waals surface area contributed by atoms with Gasteiger partial charge in [0.25, 0.3) is 5.91 Å². The molecule has 2 heterocycles. The van der Waals surface area contributed by atoms with E-state index < -0.39 is 0 Å². The van der Waals surface area contributed by atoms with Crippen LogP contribution in [0.2, 0.25) is 5.02 Å². The zero-order chi connectivity index (χ0) is 15.0. The van der Waals surface area contributed by atoms with Gasteiger partial charge in [0.15, 0.2) is 5.76 Å². The molecule has 21 heavy (non-hydrogen) atoms. The van der Waals surface area contributed by atoms with Crippen molar-refractivity contribution in [1.29, 1.82) is 0 Å². The molecule has 1 aliphatic rings. The van der Waals surface area contributed by atoms with Crippen LogP contribution in [0.4, 0.5) is 5.69 Å². The second-order valence-electron chi connectivity index (χ2n) is 5.26. The van der Waals surface area contributed by atoms with Crippen LogP contribution in [0, 0.1) is 6.92 Å². The predicted octanol–water partition coefficient (Wildman–Crippen LogP) is 3.20. The fourth-order valence-electron chi connectivity index (χ4n) is 2.67. The number of benzene rings is 1. The molecule has 1 aromatic carbocycles. The Morgan fingerprint density at radius 2 is 2.29 bits per heavy atom. The van der Waals surface area contributed by atoms with Crippen LogP contribution in [-0.2, 0) is 0 Å². The van der Waals surface area contributed by atoms with E-state index in [9.17, 15) is 4.79 Å². The molecule has 0 bridgehead atoms. The molecule has 0 saturated carbocycles. The lowest BCUT2D eigenvalue weighted by Gasteiger charge is -2.22. The lowest BCUT2D eigenvalue weighted by molar-refractivity contribution is 0.0714. The first-order valence-electron chi connectivity index (χ1n) is 6.85. The van der Waals surface area contributed by atoms with Crippen LogP contribution < -0.4 is 5.73 Å². The van der Waals surface area contributed by atoms with Gasteiger partial charge in [-0.1, -0.05) is 16.8 Å². The Bertz CT molecular complexity index is 683. The monoisotopic (exact) mass is 305 g/mol. The first-order chi connectivity index (χ1) is 10.1.